The van der Waals surface area contributed by atoms with Crippen molar-refractivity contribution in [1.82, 2.24) is 0 Å². The summed E-state index contributed by atoms with van der Waals surface area (Å²) in [7, 11) is 0. The highest BCUT2D eigenvalue weighted by Gasteiger charge is 2.44. The van der Waals surface area contributed by atoms with Gasteiger partial charge in [-0.3, -0.25) is 5.04 Å². The van der Waals surface area contributed by atoms with Crippen molar-refractivity contribution in [3.8, 4) is 0 Å². The number of unbranched alkanes of at least 4 members (excludes halogenated alkanes) is 3. The van der Waals surface area contributed by atoms with Crippen molar-refractivity contribution >= 4 is 29.1 Å². The van der Waals surface area contributed by atoms with Crippen LogP contribution >= 0.6 is 12.0 Å². The molecule has 0 saturated carbocycles. The zero-order chi connectivity index (χ0) is 32.0. The van der Waals surface area contributed by atoms with Gasteiger partial charge >= 0.3 is 0 Å². The number of anilines is 1. The molecule has 2 aromatic carbocycles. The lowest BCUT2D eigenvalue weighted by molar-refractivity contribution is -0.777. The van der Waals surface area contributed by atoms with Gasteiger partial charge in [-0.15, -0.1) is 0 Å². The minimum atomic E-state index is -0.122. The van der Waals surface area contributed by atoms with Crippen molar-refractivity contribution in [2.75, 3.05) is 23.7 Å². The van der Waals surface area contributed by atoms with E-state index in [2.05, 4.69) is 126 Å². The first-order valence-electron chi connectivity index (χ1n) is 16.5. The van der Waals surface area contributed by atoms with E-state index in [1.54, 1.807) is 0 Å². The van der Waals surface area contributed by atoms with Crippen molar-refractivity contribution in [1.29, 1.82) is 0 Å². The smallest absolute Gasteiger partial charge is 0.209 e. The van der Waals surface area contributed by atoms with Crippen molar-refractivity contribution in [3.63, 3.8) is 0 Å². The van der Waals surface area contributed by atoms with Gasteiger partial charge in [0.25, 0.3) is 0 Å². The minimum absolute atomic E-state index is 0.0572. The normalized spacial score (nSPS) is 20.4. The SMILES string of the molecule is CCCCC[N+]1=C(/C=C/C2=C(N)C(=C/C=C3/N(CCCCSOO[O-])c4ccccc4C3(C)C)/CC2)C(C)(C)c2ccccc21. The van der Waals surface area contributed by atoms with Crippen LogP contribution in [0.2, 0.25) is 0 Å². The highest BCUT2D eigenvalue weighted by Crippen LogP contribution is 2.48. The van der Waals surface area contributed by atoms with Gasteiger partial charge in [0.05, 0.1) is 5.41 Å². The molecule has 2 aliphatic heterocycles. The summed E-state index contributed by atoms with van der Waals surface area (Å²) in [6.45, 7) is 13.5. The zero-order valence-corrected chi connectivity index (χ0v) is 28.4. The largest absolute Gasteiger partial charge is 0.691 e. The topological polar surface area (TPSA) is 73.8 Å². The van der Waals surface area contributed by atoms with Gasteiger partial charge in [-0.2, -0.15) is 8.91 Å². The van der Waals surface area contributed by atoms with Crippen molar-refractivity contribution in [3.05, 3.63) is 107 Å². The monoisotopic (exact) mass is 627 g/mol. The summed E-state index contributed by atoms with van der Waals surface area (Å²) in [5.74, 6) is 0.709. The molecule has 2 N–H and O–H groups in total. The number of hydrogen-bond acceptors (Lipinski definition) is 6. The number of fused-ring (bicyclic) bond motifs is 2. The van der Waals surface area contributed by atoms with Gasteiger partial charge in [0, 0.05) is 71.0 Å². The predicted octanol–water partition coefficient (Wildman–Crippen LogP) is 8.08. The van der Waals surface area contributed by atoms with Crippen LogP contribution in [0.4, 0.5) is 11.4 Å². The molecule has 0 atom stereocenters. The number of rotatable bonds is 14. The number of allylic oxidation sites excluding steroid dienone is 7. The van der Waals surface area contributed by atoms with E-state index in [1.165, 1.54) is 64.3 Å². The van der Waals surface area contributed by atoms with Crippen LogP contribution in [0.3, 0.4) is 0 Å². The van der Waals surface area contributed by atoms with E-state index in [4.69, 9.17) is 5.73 Å². The summed E-state index contributed by atoms with van der Waals surface area (Å²) in [5.41, 5.74) is 18.0. The maximum absolute atomic E-state index is 10.1. The van der Waals surface area contributed by atoms with E-state index < -0.39 is 0 Å². The van der Waals surface area contributed by atoms with E-state index in [0.717, 1.165) is 56.5 Å². The van der Waals surface area contributed by atoms with E-state index >= 15 is 0 Å². The maximum atomic E-state index is 10.1. The van der Waals surface area contributed by atoms with Crippen LogP contribution in [0, 0.1) is 0 Å². The summed E-state index contributed by atoms with van der Waals surface area (Å²) < 4.78 is 6.96. The van der Waals surface area contributed by atoms with Crippen molar-refractivity contribution in [2.24, 2.45) is 5.73 Å². The molecule has 0 aromatic heterocycles. The Morgan fingerprint density at radius 2 is 1.67 bits per heavy atom. The second-order valence-corrected chi connectivity index (χ2v) is 14.1. The van der Waals surface area contributed by atoms with Gasteiger partial charge in [-0.25, -0.2) is 0 Å². The zero-order valence-electron chi connectivity index (χ0n) is 27.6. The maximum Gasteiger partial charge on any atom is 0.209 e. The van der Waals surface area contributed by atoms with E-state index in [9.17, 15) is 5.26 Å². The molecule has 3 aliphatic rings. The van der Waals surface area contributed by atoms with Crippen LogP contribution in [0.1, 0.15) is 90.7 Å². The Labute approximate surface area is 274 Å². The lowest BCUT2D eigenvalue weighted by Crippen LogP contribution is -2.28. The quantitative estimate of drug-likeness (QED) is 0.0751. The van der Waals surface area contributed by atoms with Crippen LogP contribution in [0.5, 0.6) is 0 Å². The Kier molecular flexibility index (Phi) is 10.8. The Hall–Kier alpha value is -3.10. The molecule has 0 saturated heterocycles. The summed E-state index contributed by atoms with van der Waals surface area (Å²) in [5, 5.41) is 13.5. The van der Waals surface area contributed by atoms with Crippen molar-refractivity contribution in [2.45, 2.75) is 90.4 Å². The fourth-order valence-corrected chi connectivity index (χ4v) is 7.65. The molecule has 240 valence electrons. The summed E-state index contributed by atoms with van der Waals surface area (Å²) >= 11 is 1.06. The third kappa shape index (κ3) is 6.87. The molecule has 0 amide bonds. The molecular weight excluding hydrogens is 579 g/mol. The third-order valence-electron chi connectivity index (χ3n) is 9.76. The molecule has 7 heteroatoms. The Balaban J connectivity index is 1.39. The van der Waals surface area contributed by atoms with Crippen LogP contribution in [0.15, 0.2) is 95.4 Å². The molecule has 6 nitrogen and oxygen atoms in total. The number of para-hydroxylation sites is 2. The van der Waals surface area contributed by atoms with Crippen LogP contribution < -0.4 is 15.9 Å². The molecule has 0 bridgehead atoms. The molecule has 0 spiro atoms. The average molecular weight is 628 g/mol. The molecule has 0 radical (unpaired) electrons. The van der Waals surface area contributed by atoms with Crippen LogP contribution in [-0.2, 0) is 20.2 Å². The summed E-state index contributed by atoms with van der Waals surface area (Å²) in [6, 6.07) is 17.6. The highest BCUT2D eigenvalue weighted by atomic mass is 32.2. The van der Waals surface area contributed by atoms with E-state index in [0.29, 0.717) is 5.75 Å². The molecule has 45 heavy (non-hydrogen) atoms. The average Bonchev–Trinajstić information content (AvgIpc) is 3.57. The Morgan fingerprint density at radius 1 is 0.911 bits per heavy atom. The molecule has 5 rings (SSSR count). The van der Waals surface area contributed by atoms with Gasteiger partial charge in [-0.05, 0) is 74.8 Å². The predicted molar refractivity (Wildman–Crippen MR) is 185 cm³/mol. The molecule has 1 aliphatic carbocycles. The third-order valence-corrected chi connectivity index (χ3v) is 10.4. The van der Waals surface area contributed by atoms with Gasteiger partial charge < -0.3 is 15.9 Å². The Morgan fingerprint density at radius 3 is 2.44 bits per heavy atom. The lowest BCUT2D eigenvalue weighted by Gasteiger charge is -2.27. The van der Waals surface area contributed by atoms with Gasteiger partial charge in [-0.1, -0.05) is 75.7 Å². The molecule has 0 unspecified atom stereocenters. The van der Waals surface area contributed by atoms with Gasteiger partial charge in [0.15, 0.2) is 5.71 Å². The van der Waals surface area contributed by atoms with Crippen LogP contribution in [-0.4, -0.2) is 29.1 Å². The number of nitrogens with two attached hydrogens (primary N) is 1. The fraction of sp³-hybridized carbons (Fsp3) is 0.447. The van der Waals surface area contributed by atoms with Gasteiger partial charge in [0.2, 0.25) is 5.69 Å². The van der Waals surface area contributed by atoms with Gasteiger partial charge in [0.1, 0.15) is 6.54 Å². The molecule has 2 aromatic rings. The number of nitrogens with zero attached hydrogens (tertiary/aromatic N) is 2. The van der Waals surface area contributed by atoms with Crippen LogP contribution in [0.25, 0.3) is 0 Å². The minimum Gasteiger partial charge on any atom is -0.691 e. The standard InChI is InChI=1S/C38H49N3O3S/c1-6-7-12-25-40-32-17-10-8-15-30(32)37(2,3)34(40)23-21-28-19-20-29(36(28)39)22-24-35-38(4,5)31-16-9-11-18-33(31)41(35)26-13-14-27-45-44-43-42/h8-11,15-18,21-24,39,42H,6-7,12-14,19-20,25-27H2,1-5H3/b29-22+,35-24+. The fourth-order valence-electron chi connectivity index (χ4n) is 7.22. The molecule has 0 fully saturated rings. The van der Waals surface area contributed by atoms with E-state index in [1.807, 2.05) is 0 Å². The molecule has 2 heterocycles. The first-order valence-corrected chi connectivity index (χ1v) is 17.4. The summed E-state index contributed by atoms with van der Waals surface area (Å²) in [4.78, 5) is 2.45. The van der Waals surface area contributed by atoms with Crippen molar-refractivity contribution < 1.29 is 19.2 Å². The second-order valence-electron chi connectivity index (χ2n) is 13.4. The summed E-state index contributed by atoms with van der Waals surface area (Å²) in [6.07, 6.45) is 16.6. The Bertz CT molecular complexity index is 1530. The first-order chi connectivity index (χ1) is 21.7. The number of benzene rings is 2. The first kappa shape index (κ1) is 33.3. The highest BCUT2D eigenvalue weighted by molar-refractivity contribution is 7.94. The molecular formula is C38H49N3O3S. The second kappa shape index (κ2) is 14.5. The number of hydrogen-bond donors (Lipinski definition) is 1. The lowest BCUT2D eigenvalue weighted by atomic mass is 9.81. The van der Waals surface area contributed by atoms with E-state index in [-0.39, 0.29) is 10.8 Å².